The van der Waals surface area contributed by atoms with Gasteiger partial charge in [0.1, 0.15) is 23.1 Å². The summed E-state index contributed by atoms with van der Waals surface area (Å²) in [5.41, 5.74) is -1.43. The summed E-state index contributed by atoms with van der Waals surface area (Å²) in [6.07, 6.45) is -14.5. The molecular formula is C20H17ClF7N5O3. The van der Waals surface area contributed by atoms with E-state index in [0.717, 1.165) is 17.8 Å². The lowest BCUT2D eigenvalue weighted by atomic mass is 10.1. The Balaban J connectivity index is 2.10. The third kappa shape index (κ3) is 5.56. The number of benzene rings is 1. The fourth-order valence-electron chi connectivity index (χ4n) is 3.02. The van der Waals surface area contributed by atoms with Crippen molar-refractivity contribution in [3.8, 4) is 17.0 Å². The first-order chi connectivity index (χ1) is 16.5. The first kappa shape index (κ1) is 27.3. The standard InChI is InChI=1S/C20H17ClF7N5O3/c1-7-14(16(21)32-31-7)30-18(35)10-4-11(22)9(5-13(10)36-8(2)19(23,24)25)12-6-33(3)17(29-12)15(34)20(26,27)28/h4-6,8,15,34H,1-3H3,(H,30,35)(H,31,32). The molecule has 2 unspecified atom stereocenters. The Morgan fingerprint density at radius 3 is 2.39 bits per heavy atom. The topological polar surface area (TPSA) is 105 Å². The van der Waals surface area contributed by atoms with Crippen molar-refractivity contribution in [1.82, 2.24) is 19.7 Å². The monoisotopic (exact) mass is 543 g/mol. The molecule has 3 rings (SSSR count). The maximum Gasteiger partial charge on any atom is 0.425 e. The molecule has 0 aliphatic heterocycles. The Kier molecular flexibility index (Phi) is 7.28. The molecule has 2 heterocycles. The van der Waals surface area contributed by atoms with E-state index in [1.54, 1.807) is 0 Å². The van der Waals surface area contributed by atoms with Crippen LogP contribution in [-0.4, -0.2) is 49.2 Å². The molecule has 16 heteroatoms. The molecule has 0 fully saturated rings. The third-order valence-corrected chi connectivity index (χ3v) is 5.24. The summed E-state index contributed by atoms with van der Waals surface area (Å²) in [6, 6.07) is 1.24. The number of aromatic nitrogens is 4. The van der Waals surface area contributed by atoms with Gasteiger partial charge in [0.25, 0.3) is 5.91 Å². The average molecular weight is 544 g/mol. The quantitative estimate of drug-likeness (QED) is 0.376. The normalized spacial score (nSPS) is 14.0. The second kappa shape index (κ2) is 9.61. The molecule has 3 N–H and O–H groups in total. The number of hydrogen-bond donors (Lipinski definition) is 3. The van der Waals surface area contributed by atoms with Crippen molar-refractivity contribution in [3.05, 3.63) is 46.4 Å². The number of imidazole rings is 1. The lowest BCUT2D eigenvalue weighted by molar-refractivity contribution is -0.209. The molecule has 36 heavy (non-hydrogen) atoms. The molecule has 1 amide bonds. The van der Waals surface area contributed by atoms with Crippen LogP contribution in [0.2, 0.25) is 5.15 Å². The lowest BCUT2D eigenvalue weighted by Gasteiger charge is -2.20. The molecule has 0 aliphatic rings. The molecule has 0 spiro atoms. The molecule has 2 aromatic heterocycles. The van der Waals surface area contributed by atoms with Crippen molar-refractivity contribution in [2.24, 2.45) is 7.05 Å². The van der Waals surface area contributed by atoms with Crippen LogP contribution < -0.4 is 10.1 Å². The Morgan fingerprint density at radius 2 is 1.86 bits per heavy atom. The smallest absolute Gasteiger partial charge is 0.425 e. The zero-order chi connectivity index (χ0) is 27.2. The number of nitrogens with zero attached hydrogens (tertiary/aromatic N) is 3. The van der Waals surface area contributed by atoms with Gasteiger partial charge >= 0.3 is 12.4 Å². The van der Waals surface area contributed by atoms with E-state index >= 15 is 4.39 Å². The predicted octanol–water partition coefficient (Wildman–Crippen LogP) is 5.09. The number of alkyl halides is 6. The summed E-state index contributed by atoms with van der Waals surface area (Å²) in [5.74, 6) is -3.96. The van der Waals surface area contributed by atoms with Crippen LogP contribution in [0, 0.1) is 12.7 Å². The average Bonchev–Trinajstić information content (AvgIpc) is 3.29. The highest BCUT2D eigenvalue weighted by atomic mass is 35.5. The summed E-state index contributed by atoms with van der Waals surface area (Å²) in [6.45, 7) is 2.12. The maximum atomic E-state index is 15.0. The van der Waals surface area contributed by atoms with Gasteiger partial charge in [-0.1, -0.05) is 11.6 Å². The van der Waals surface area contributed by atoms with Crippen molar-refractivity contribution >= 4 is 23.2 Å². The van der Waals surface area contributed by atoms with E-state index in [-0.39, 0.29) is 10.8 Å². The number of aromatic amines is 1. The molecule has 2 atom stereocenters. The molecule has 0 saturated carbocycles. The van der Waals surface area contributed by atoms with Gasteiger partial charge in [0.15, 0.2) is 11.3 Å². The number of aliphatic hydroxyl groups excluding tert-OH is 1. The minimum absolute atomic E-state index is 0.0172. The number of carbonyl (C=O) groups excluding carboxylic acids is 1. The predicted molar refractivity (Wildman–Crippen MR) is 112 cm³/mol. The summed E-state index contributed by atoms with van der Waals surface area (Å²) in [5, 5.41) is 17.7. The fraction of sp³-hybridized carbons (Fsp3) is 0.350. The fourth-order valence-corrected chi connectivity index (χ4v) is 3.25. The van der Waals surface area contributed by atoms with Gasteiger partial charge in [-0.15, -0.1) is 0 Å². The number of rotatable bonds is 6. The molecule has 1 aromatic carbocycles. The number of carbonyl (C=O) groups is 1. The van der Waals surface area contributed by atoms with Crippen LogP contribution in [0.15, 0.2) is 18.3 Å². The summed E-state index contributed by atoms with van der Waals surface area (Å²) in [4.78, 5) is 16.4. The second-order valence-electron chi connectivity index (χ2n) is 7.64. The van der Waals surface area contributed by atoms with Gasteiger partial charge in [-0.3, -0.25) is 9.89 Å². The Morgan fingerprint density at radius 1 is 1.22 bits per heavy atom. The Bertz CT molecular complexity index is 1270. The number of aryl methyl sites for hydroxylation is 2. The van der Waals surface area contributed by atoms with Crippen LogP contribution in [-0.2, 0) is 7.05 Å². The summed E-state index contributed by atoms with van der Waals surface area (Å²) in [7, 11) is 1.10. The maximum absolute atomic E-state index is 15.0. The molecule has 0 saturated heterocycles. The van der Waals surface area contributed by atoms with Gasteiger partial charge in [-0.25, -0.2) is 9.37 Å². The van der Waals surface area contributed by atoms with Crippen molar-refractivity contribution in [2.75, 3.05) is 5.32 Å². The second-order valence-corrected chi connectivity index (χ2v) is 8.00. The van der Waals surface area contributed by atoms with E-state index in [4.69, 9.17) is 16.3 Å². The van der Waals surface area contributed by atoms with Gasteiger partial charge in [-0.2, -0.15) is 31.4 Å². The van der Waals surface area contributed by atoms with Gasteiger partial charge in [-0.05, 0) is 26.0 Å². The first-order valence-corrected chi connectivity index (χ1v) is 10.3. The molecule has 0 aliphatic carbocycles. The minimum atomic E-state index is -5.08. The van der Waals surface area contributed by atoms with Crippen LogP contribution >= 0.6 is 11.6 Å². The molecule has 8 nitrogen and oxygen atoms in total. The van der Waals surface area contributed by atoms with Crippen LogP contribution in [0.3, 0.4) is 0 Å². The van der Waals surface area contributed by atoms with Crippen molar-refractivity contribution in [2.45, 2.75) is 38.4 Å². The molecule has 3 aromatic rings. The van der Waals surface area contributed by atoms with E-state index in [9.17, 15) is 36.2 Å². The Hall–Kier alpha value is -3.33. The van der Waals surface area contributed by atoms with Crippen molar-refractivity contribution < 1.29 is 45.4 Å². The van der Waals surface area contributed by atoms with E-state index < -0.39 is 64.7 Å². The van der Waals surface area contributed by atoms with Gasteiger partial charge in [0.2, 0.25) is 6.10 Å². The minimum Gasteiger partial charge on any atom is -0.480 e. The van der Waals surface area contributed by atoms with Crippen LogP contribution in [0.1, 0.15) is 34.9 Å². The zero-order valence-corrected chi connectivity index (χ0v) is 19.3. The number of hydrogen-bond acceptors (Lipinski definition) is 5. The number of anilines is 1. The van der Waals surface area contributed by atoms with E-state index in [2.05, 4.69) is 20.5 Å². The largest absolute Gasteiger partial charge is 0.480 e. The van der Waals surface area contributed by atoms with Crippen LogP contribution in [0.25, 0.3) is 11.3 Å². The van der Waals surface area contributed by atoms with Crippen molar-refractivity contribution in [3.63, 3.8) is 0 Å². The highest BCUT2D eigenvalue weighted by Crippen LogP contribution is 2.36. The van der Waals surface area contributed by atoms with Crippen LogP contribution in [0.5, 0.6) is 5.75 Å². The third-order valence-electron chi connectivity index (χ3n) is 4.96. The van der Waals surface area contributed by atoms with Gasteiger partial charge in [0, 0.05) is 18.8 Å². The lowest BCUT2D eigenvalue weighted by Crippen LogP contribution is -2.32. The molecule has 0 bridgehead atoms. The first-order valence-electron chi connectivity index (χ1n) is 9.87. The highest BCUT2D eigenvalue weighted by Gasteiger charge is 2.42. The molecular weight excluding hydrogens is 527 g/mol. The van der Waals surface area contributed by atoms with E-state index in [0.29, 0.717) is 24.8 Å². The molecule has 0 radical (unpaired) electrons. The molecule has 196 valence electrons. The number of amides is 1. The highest BCUT2D eigenvalue weighted by molar-refractivity contribution is 6.33. The van der Waals surface area contributed by atoms with E-state index in [1.807, 2.05) is 0 Å². The number of nitrogens with one attached hydrogen (secondary N) is 2. The SMILES string of the molecule is Cc1[nH]nc(Cl)c1NC(=O)c1cc(F)c(-c2cn(C)c(C(O)C(F)(F)F)n2)cc1OC(C)C(F)(F)F. The van der Waals surface area contributed by atoms with Gasteiger partial charge in [0.05, 0.1) is 17.0 Å². The number of halogens is 8. The summed E-state index contributed by atoms with van der Waals surface area (Å²) < 4.78 is 98.9. The number of H-pyrrole nitrogens is 1. The zero-order valence-electron chi connectivity index (χ0n) is 18.5. The van der Waals surface area contributed by atoms with E-state index in [1.165, 1.54) is 6.92 Å². The Labute approximate surface area is 203 Å². The van der Waals surface area contributed by atoms with Crippen LogP contribution in [0.4, 0.5) is 36.4 Å². The number of ether oxygens (including phenoxy) is 1. The van der Waals surface area contributed by atoms with Gasteiger partial charge < -0.3 is 19.7 Å². The van der Waals surface area contributed by atoms with Crippen molar-refractivity contribution in [1.29, 1.82) is 0 Å². The summed E-state index contributed by atoms with van der Waals surface area (Å²) >= 11 is 5.85. The number of aliphatic hydroxyl groups is 1.